The van der Waals surface area contributed by atoms with Gasteiger partial charge in [0.2, 0.25) is 0 Å². The van der Waals surface area contributed by atoms with Gasteiger partial charge in [-0.15, -0.1) is 0 Å². The van der Waals surface area contributed by atoms with Gasteiger partial charge in [-0.1, -0.05) is 18.2 Å². The molecule has 0 spiro atoms. The SMILES string of the molecule is COS(=O)(=O)NC1OC(C)OC1c1ccccc1I. The van der Waals surface area contributed by atoms with Crippen LogP contribution in [0.3, 0.4) is 0 Å². The molecule has 1 aromatic carbocycles. The van der Waals surface area contributed by atoms with Crippen LogP contribution in [-0.4, -0.2) is 28.0 Å². The second-order valence-corrected chi connectivity index (χ2v) is 6.58. The minimum absolute atomic E-state index is 0.495. The summed E-state index contributed by atoms with van der Waals surface area (Å²) in [5, 5.41) is 0. The Morgan fingerprint density at radius 2 is 2.00 bits per heavy atom. The van der Waals surface area contributed by atoms with E-state index in [9.17, 15) is 8.42 Å². The molecule has 3 atom stereocenters. The molecule has 0 amide bonds. The van der Waals surface area contributed by atoms with Crippen LogP contribution in [0.5, 0.6) is 0 Å². The zero-order valence-electron chi connectivity index (χ0n) is 10.4. The Labute approximate surface area is 125 Å². The molecule has 6 nitrogen and oxygen atoms in total. The lowest BCUT2D eigenvalue weighted by Crippen LogP contribution is -2.38. The first-order valence-corrected chi connectivity index (χ1v) is 8.05. The second kappa shape index (κ2) is 6.02. The van der Waals surface area contributed by atoms with E-state index < -0.39 is 28.9 Å². The van der Waals surface area contributed by atoms with E-state index in [1.807, 2.05) is 24.3 Å². The number of hydrogen-bond donors (Lipinski definition) is 1. The quantitative estimate of drug-likeness (QED) is 0.778. The zero-order chi connectivity index (χ0) is 14.0. The Balaban J connectivity index is 2.26. The highest BCUT2D eigenvalue weighted by molar-refractivity contribution is 14.1. The molecular weight excluding hydrogens is 385 g/mol. The van der Waals surface area contributed by atoms with Crippen molar-refractivity contribution in [1.82, 2.24) is 4.72 Å². The van der Waals surface area contributed by atoms with E-state index in [-0.39, 0.29) is 0 Å². The van der Waals surface area contributed by atoms with Gasteiger partial charge in [0.05, 0.1) is 7.11 Å². The highest BCUT2D eigenvalue weighted by Crippen LogP contribution is 2.33. The molecule has 1 N–H and O–H groups in total. The minimum Gasteiger partial charge on any atom is -0.341 e. The van der Waals surface area contributed by atoms with Crippen molar-refractivity contribution in [1.29, 1.82) is 0 Å². The van der Waals surface area contributed by atoms with Gasteiger partial charge in [0.25, 0.3) is 0 Å². The lowest BCUT2D eigenvalue weighted by atomic mass is 10.1. The van der Waals surface area contributed by atoms with Crippen molar-refractivity contribution in [2.75, 3.05) is 7.11 Å². The molecule has 1 fully saturated rings. The average molecular weight is 399 g/mol. The van der Waals surface area contributed by atoms with Gasteiger partial charge in [-0.3, -0.25) is 4.18 Å². The van der Waals surface area contributed by atoms with Gasteiger partial charge in [0, 0.05) is 3.57 Å². The van der Waals surface area contributed by atoms with Crippen molar-refractivity contribution >= 4 is 32.9 Å². The largest absolute Gasteiger partial charge is 0.341 e. The normalized spacial score (nSPS) is 27.6. The van der Waals surface area contributed by atoms with Crippen molar-refractivity contribution in [3.8, 4) is 0 Å². The zero-order valence-corrected chi connectivity index (χ0v) is 13.3. The maximum absolute atomic E-state index is 11.5. The summed E-state index contributed by atoms with van der Waals surface area (Å²) in [5.74, 6) is 0. The van der Waals surface area contributed by atoms with Gasteiger partial charge in [-0.05, 0) is 41.1 Å². The monoisotopic (exact) mass is 399 g/mol. The average Bonchev–Trinajstić information content (AvgIpc) is 2.70. The molecule has 1 heterocycles. The molecule has 1 aliphatic heterocycles. The second-order valence-electron chi connectivity index (χ2n) is 3.94. The van der Waals surface area contributed by atoms with Crippen molar-refractivity contribution in [3.63, 3.8) is 0 Å². The minimum atomic E-state index is -3.84. The fourth-order valence-electron chi connectivity index (χ4n) is 1.81. The maximum atomic E-state index is 11.5. The molecule has 0 saturated carbocycles. The summed E-state index contributed by atoms with van der Waals surface area (Å²) in [6.07, 6.45) is -1.81. The number of nitrogens with one attached hydrogen (secondary N) is 1. The highest BCUT2D eigenvalue weighted by atomic mass is 127. The van der Waals surface area contributed by atoms with Crippen LogP contribution in [0.1, 0.15) is 18.6 Å². The van der Waals surface area contributed by atoms with E-state index >= 15 is 0 Å². The van der Waals surface area contributed by atoms with Crippen LogP contribution in [0.4, 0.5) is 0 Å². The molecule has 19 heavy (non-hydrogen) atoms. The third kappa shape index (κ3) is 3.64. The predicted octanol–water partition coefficient (Wildman–Crippen LogP) is 1.53. The predicted molar refractivity (Wildman–Crippen MR) is 76.4 cm³/mol. The standard InChI is InChI=1S/C11H14INO5S/c1-7-17-10(8-5-3-4-6-9(8)12)11(18-7)13-19(14,15)16-2/h3-7,10-11,13H,1-2H3. The molecule has 1 aromatic rings. The summed E-state index contributed by atoms with van der Waals surface area (Å²) in [6.45, 7) is 1.71. The van der Waals surface area contributed by atoms with Crippen molar-refractivity contribution in [2.45, 2.75) is 25.5 Å². The first kappa shape index (κ1) is 15.1. The summed E-state index contributed by atoms with van der Waals surface area (Å²) < 4.78 is 41.6. The van der Waals surface area contributed by atoms with Crippen LogP contribution in [0.15, 0.2) is 24.3 Å². The van der Waals surface area contributed by atoms with Gasteiger partial charge >= 0.3 is 10.3 Å². The summed E-state index contributed by atoms with van der Waals surface area (Å²) in [7, 11) is -2.75. The lowest BCUT2D eigenvalue weighted by molar-refractivity contribution is -0.0524. The van der Waals surface area contributed by atoms with E-state index in [0.717, 1.165) is 16.2 Å². The molecule has 8 heteroatoms. The molecule has 1 saturated heterocycles. The number of ether oxygens (including phenoxy) is 2. The van der Waals surface area contributed by atoms with Crippen LogP contribution in [0.25, 0.3) is 0 Å². The number of hydrogen-bond acceptors (Lipinski definition) is 5. The maximum Gasteiger partial charge on any atom is 0.337 e. The number of benzene rings is 1. The molecule has 0 aromatic heterocycles. The van der Waals surface area contributed by atoms with E-state index in [2.05, 4.69) is 31.5 Å². The smallest absolute Gasteiger partial charge is 0.337 e. The van der Waals surface area contributed by atoms with Crippen LogP contribution >= 0.6 is 22.6 Å². The summed E-state index contributed by atoms with van der Waals surface area (Å²) in [4.78, 5) is 0. The molecule has 106 valence electrons. The van der Waals surface area contributed by atoms with E-state index in [4.69, 9.17) is 9.47 Å². The molecule has 2 rings (SSSR count). The number of halogens is 1. The van der Waals surface area contributed by atoms with E-state index in [1.165, 1.54) is 0 Å². The Morgan fingerprint density at radius 1 is 1.32 bits per heavy atom. The van der Waals surface area contributed by atoms with Crippen molar-refractivity contribution in [2.24, 2.45) is 0 Å². The van der Waals surface area contributed by atoms with Crippen molar-refractivity contribution < 1.29 is 22.1 Å². The fourth-order valence-corrected chi connectivity index (χ4v) is 3.06. The Morgan fingerprint density at radius 3 is 2.63 bits per heavy atom. The van der Waals surface area contributed by atoms with Gasteiger partial charge in [0.15, 0.2) is 12.5 Å². The van der Waals surface area contributed by atoms with E-state index in [1.54, 1.807) is 6.92 Å². The molecular formula is C11H14INO5S. The first-order chi connectivity index (χ1) is 8.93. The molecule has 1 aliphatic rings. The molecule has 3 unspecified atom stereocenters. The van der Waals surface area contributed by atoms with Gasteiger partial charge < -0.3 is 9.47 Å². The van der Waals surface area contributed by atoms with Gasteiger partial charge in [-0.2, -0.15) is 13.1 Å². The van der Waals surface area contributed by atoms with Crippen LogP contribution in [0, 0.1) is 3.57 Å². The topological polar surface area (TPSA) is 73.9 Å². The summed E-state index contributed by atoms with van der Waals surface area (Å²) in [5.41, 5.74) is 0.872. The Bertz CT molecular complexity index is 550. The highest BCUT2D eigenvalue weighted by Gasteiger charge is 2.38. The molecule has 0 aliphatic carbocycles. The molecule has 0 radical (unpaired) electrons. The van der Waals surface area contributed by atoms with E-state index in [0.29, 0.717) is 0 Å². The summed E-state index contributed by atoms with van der Waals surface area (Å²) in [6, 6.07) is 7.57. The van der Waals surface area contributed by atoms with Crippen molar-refractivity contribution in [3.05, 3.63) is 33.4 Å². The third-order valence-electron chi connectivity index (χ3n) is 2.64. The Kier molecular flexibility index (Phi) is 4.79. The lowest BCUT2D eigenvalue weighted by Gasteiger charge is -2.18. The van der Waals surface area contributed by atoms with Crippen LogP contribution in [-0.2, 0) is 24.0 Å². The summed E-state index contributed by atoms with van der Waals surface area (Å²) >= 11 is 2.17. The van der Waals surface area contributed by atoms with Crippen LogP contribution < -0.4 is 4.72 Å². The van der Waals surface area contributed by atoms with Crippen LogP contribution in [0.2, 0.25) is 0 Å². The first-order valence-electron chi connectivity index (χ1n) is 5.56. The van der Waals surface area contributed by atoms with Gasteiger partial charge in [-0.25, -0.2) is 0 Å². The third-order valence-corrected chi connectivity index (χ3v) is 4.59. The van der Waals surface area contributed by atoms with Gasteiger partial charge in [0.1, 0.15) is 6.10 Å². The molecule has 0 bridgehead atoms. The number of rotatable bonds is 4. The Hall–Kier alpha value is -0.260. The fraction of sp³-hybridized carbons (Fsp3) is 0.455.